The van der Waals surface area contributed by atoms with Gasteiger partial charge >= 0.3 is 0 Å². The fraction of sp³-hybridized carbons (Fsp3) is 0.235. The quantitative estimate of drug-likeness (QED) is 0.901. The first-order chi connectivity index (χ1) is 9.72. The van der Waals surface area contributed by atoms with Crippen LogP contribution in [0.15, 0.2) is 45.6 Å². The average molecular weight is 268 g/mol. The van der Waals surface area contributed by atoms with E-state index in [1.54, 1.807) is 12.1 Å². The second kappa shape index (κ2) is 5.00. The fourth-order valence-corrected chi connectivity index (χ4v) is 2.61. The van der Waals surface area contributed by atoms with Gasteiger partial charge in [0.05, 0.1) is 5.56 Å². The maximum absolute atomic E-state index is 12.7. The van der Waals surface area contributed by atoms with Crippen molar-refractivity contribution in [2.75, 3.05) is 0 Å². The van der Waals surface area contributed by atoms with Crippen LogP contribution in [0, 0.1) is 0 Å². The first-order valence-corrected chi connectivity index (χ1v) is 6.87. The average Bonchev–Trinajstić information content (AvgIpc) is 2.47. The van der Waals surface area contributed by atoms with Gasteiger partial charge in [0, 0.05) is 6.42 Å². The van der Waals surface area contributed by atoms with E-state index in [4.69, 9.17) is 4.42 Å². The lowest BCUT2D eigenvalue weighted by Crippen LogP contribution is -2.12. The molecular formula is C17H16O3. The Balaban J connectivity index is 2.38. The Labute approximate surface area is 116 Å². The van der Waals surface area contributed by atoms with Gasteiger partial charge in [-0.3, -0.25) is 4.79 Å². The predicted molar refractivity (Wildman–Crippen MR) is 79.9 cm³/mol. The molecule has 0 spiro atoms. The molecule has 0 aliphatic heterocycles. The van der Waals surface area contributed by atoms with Crippen molar-refractivity contribution in [1.29, 1.82) is 0 Å². The van der Waals surface area contributed by atoms with Crippen molar-refractivity contribution in [2.45, 2.75) is 26.2 Å². The van der Waals surface area contributed by atoms with Crippen molar-refractivity contribution in [3.05, 3.63) is 58.0 Å². The number of benzene rings is 1. The van der Waals surface area contributed by atoms with Gasteiger partial charge in [-0.1, -0.05) is 31.2 Å². The molecule has 1 N–H and O–H groups in total. The largest absolute Gasteiger partial charge is 0.507 e. The number of phenolic OH excluding ortho intramolecular Hbond substituents is 1. The summed E-state index contributed by atoms with van der Waals surface area (Å²) in [6, 6.07) is 4.91. The van der Waals surface area contributed by atoms with Crippen LogP contribution in [0.1, 0.15) is 31.1 Å². The van der Waals surface area contributed by atoms with Crippen LogP contribution in [-0.2, 0) is 6.42 Å². The van der Waals surface area contributed by atoms with Crippen LogP contribution >= 0.6 is 0 Å². The fourth-order valence-electron chi connectivity index (χ4n) is 2.61. The lowest BCUT2D eigenvalue weighted by atomic mass is 9.96. The van der Waals surface area contributed by atoms with E-state index >= 15 is 0 Å². The van der Waals surface area contributed by atoms with Crippen LogP contribution in [0.5, 0.6) is 5.75 Å². The van der Waals surface area contributed by atoms with Gasteiger partial charge in [0.2, 0.25) is 5.43 Å². The summed E-state index contributed by atoms with van der Waals surface area (Å²) >= 11 is 0. The summed E-state index contributed by atoms with van der Waals surface area (Å²) in [4.78, 5) is 12.7. The molecule has 1 heterocycles. The standard InChI is InChI=1S/C17H16O3/c1-2-13-15(11-7-4-3-5-8-11)17(19)16-12(18)9-6-10-14(16)20-13/h4,6-10,18H,2-3,5H2,1H3. The Morgan fingerprint density at radius 3 is 2.85 bits per heavy atom. The minimum atomic E-state index is -0.154. The third-order valence-electron chi connectivity index (χ3n) is 3.58. The van der Waals surface area contributed by atoms with Gasteiger partial charge in [0.25, 0.3) is 0 Å². The molecule has 20 heavy (non-hydrogen) atoms. The molecule has 0 bridgehead atoms. The minimum absolute atomic E-state index is 0.0273. The molecule has 1 aliphatic carbocycles. The van der Waals surface area contributed by atoms with Crippen molar-refractivity contribution < 1.29 is 9.52 Å². The highest BCUT2D eigenvalue weighted by Gasteiger charge is 2.18. The van der Waals surface area contributed by atoms with E-state index in [0.717, 1.165) is 18.4 Å². The number of fused-ring (bicyclic) bond motifs is 1. The smallest absolute Gasteiger partial charge is 0.204 e. The molecule has 0 saturated heterocycles. The number of phenols is 1. The van der Waals surface area contributed by atoms with Crippen LogP contribution in [0.3, 0.4) is 0 Å². The first-order valence-electron chi connectivity index (χ1n) is 6.87. The minimum Gasteiger partial charge on any atom is -0.507 e. The van der Waals surface area contributed by atoms with Crippen LogP contribution in [0.4, 0.5) is 0 Å². The summed E-state index contributed by atoms with van der Waals surface area (Å²) in [6.07, 6.45) is 8.63. The summed E-state index contributed by atoms with van der Waals surface area (Å²) < 4.78 is 5.82. The van der Waals surface area contributed by atoms with Gasteiger partial charge in [0.1, 0.15) is 22.5 Å². The monoisotopic (exact) mass is 268 g/mol. The molecule has 102 valence electrons. The number of aromatic hydroxyl groups is 1. The molecule has 2 aromatic rings. The van der Waals surface area contributed by atoms with E-state index in [1.165, 1.54) is 6.07 Å². The summed E-state index contributed by atoms with van der Waals surface area (Å²) in [7, 11) is 0. The molecule has 1 aliphatic rings. The number of rotatable bonds is 2. The summed E-state index contributed by atoms with van der Waals surface area (Å²) in [5.41, 5.74) is 1.76. The highest BCUT2D eigenvalue weighted by atomic mass is 16.3. The SMILES string of the molecule is CCc1oc2cccc(O)c2c(=O)c1C1=CCCC=C1. The van der Waals surface area contributed by atoms with Crippen LogP contribution in [-0.4, -0.2) is 5.11 Å². The number of aryl methyl sites for hydroxylation is 1. The van der Waals surface area contributed by atoms with Crippen molar-refractivity contribution in [3.63, 3.8) is 0 Å². The first kappa shape index (κ1) is 12.7. The van der Waals surface area contributed by atoms with Gasteiger partial charge < -0.3 is 9.52 Å². The van der Waals surface area contributed by atoms with Gasteiger partial charge in [-0.05, 0) is 30.5 Å². The van der Waals surface area contributed by atoms with E-state index in [-0.39, 0.29) is 16.6 Å². The Morgan fingerprint density at radius 1 is 1.30 bits per heavy atom. The Bertz CT molecular complexity index is 779. The van der Waals surface area contributed by atoms with Gasteiger partial charge in [-0.15, -0.1) is 0 Å². The molecule has 0 radical (unpaired) electrons. The molecule has 1 aromatic carbocycles. The molecule has 3 heteroatoms. The van der Waals surface area contributed by atoms with Crippen molar-refractivity contribution in [3.8, 4) is 5.75 Å². The Kier molecular flexibility index (Phi) is 3.18. The van der Waals surface area contributed by atoms with E-state index in [0.29, 0.717) is 23.3 Å². The summed E-state index contributed by atoms with van der Waals surface area (Å²) in [5.74, 6) is 0.645. The molecule has 0 unspecified atom stereocenters. The summed E-state index contributed by atoms with van der Waals surface area (Å²) in [5, 5.41) is 10.2. The maximum Gasteiger partial charge on any atom is 0.204 e. The summed E-state index contributed by atoms with van der Waals surface area (Å²) in [6.45, 7) is 1.96. The van der Waals surface area contributed by atoms with Crippen LogP contribution in [0.25, 0.3) is 16.5 Å². The zero-order valence-corrected chi connectivity index (χ0v) is 11.3. The normalized spacial score (nSPS) is 14.6. The highest BCUT2D eigenvalue weighted by Crippen LogP contribution is 2.28. The lowest BCUT2D eigenvalue weighted by Gasteiger charge is -2.12. The zero-order chi connectivity index (χ0) is 14.1. The molecule has 3 rings (SSSR count). The second-order valence-corrected chi connectivity index (χ2v) is 4.87. The number of allylic oxidation sites excluding steroid dienone is 4. The van der Waals surface area contributed by atoms with E-state index in [1.807, 2.05) is 13.0 Å². The lowest BCUT2D eigenvalue weighted by molar-refractivity contribution is 0.477. The topological polar surface area (TPSA) is 50.4 Å². The van der Waals surface area contributed by atoms with Crippen molar-refractivity contribution >= 4 is 16.5 Å². The van der Waals surface area contributed by atoms with Crippen molar-refractivity contribution in [2.24, 2.45) is 0 Å². The molecule has 3 nitrogen and oxygen atoms in total. The van der Waals surface area contributed by atoms with Gasteiger partial charge in [-0.25, -0.2) is 0 Å². The van der Waals surface area contributed by atoms with E-state index in [9.17, 15) is 9.90 Å². The second-order valence-electron chi connectivity index (χ2n) is 4.87. The van der Waals surface area contributed by atoms with E-state index in [2.05, 4.69) is 12.2 Å². The molecule has 1 aromatic heterocycles. The Hall–Kier alpha value is -2.29. The molecule has 0 saturated carbocycles. The van der Waals surface area contributed by atoms with E-state index < -0.39 is 0 Å². The molecule has 0 amide bonds. The van der Waals surface area contributed by atoms with Crippen LogP contribution in [0.2, 0.25) is 0 Å². The molecule has 0 fully saturated rings. The van der Waals surface area contributed by atoms with Crippen molar-refractivity contribution in [1.82, 2.24) is 0 Å². The predicted octanol–water partition coefficient (Wildman–Crippen LogP) is 3.79. The Morgan fingerprint density at radius 2 is 2.15 bits per heavy atom. The zero-order valence-electron chi connectivity index (χ0n) is 11.3. The third-order valence-corrected chi connectivity index (χ3v) is 3.58. The molecular weight excluding hydrogens is 252 g/mol. The van der Waals surface area contributed by atoms with Gasteiger partial charge in [0.15, 0.2) is 0 Å². The van der Waals surface area contributed by atoms with Crippen LogP contribution < -0.4 is 5.43 Å². The third kappa shape index (κ3) is 1.95. The van der Waals surface area contributed by atoms with Gasteiger partial charge in [-0.2, -0.15) is 0 Å². The number of hydrogen-bond acceptors (Lipinski definition) is 3. The highest BCUT2D eigenvalue weighted by molar-refractivity contribution is 5.88. The molecule has 0 atom stereocenters. The number of hydrogen-bond donors (Lipinski definition) is 1. The maximum atomic E-state index is 12.7.